The molecule has 0 spiro atoms. The molecule has 21 heavy (non-hydrogen) atoms. The van der Waals surface area contributed by atoms with Gasteiger partial charge < -0.3 is 15.2 Å². The topological polar surface area (TPSA) is 58.6 Å². The van der Waals surface area contributed by atoms with Gasteiger partial charge in [0, 0.05) is 17.7 Å². The second-order valence-corrected chi connectivity index (χ2v) is 5.62. The molecule has 0 bridgehead atoms. The molecular weight excluding hydrogens is 266 g/mol. The molecule has 0 saturated carbocycles. The van der Waals surface area contributed by atoms with E-state index in [0.29, 0.717) is 12.2 Å². The van der Waals surface area contributed by atoms with E-state index in [1.165, 1.54) is 0 Å². The first kappa shape index (κ1) is 15.6. The molecule has 1 aromatic carbocycles. The number of benzene rings is 1. The third-order valence-electron chi connectivity index (χ3n) is 4.08. The molecule has 1 fully saturated rings. The van der Waals surface area contributed by atoms with Crippen molar-refractivity contribution in [3.63, 3.8) is 0 Å². The van der Waals surface area contributed by atoms with Crippen molar-refractivity contribution in [1.82, 2.24) is 5.32 Å². The first-order chi connectivity index (χ1) is 9.96. The monoisotopic (exact) mass is 287 g/mol. The van der Waals surface area contributed by atoms with Gasteiger partial charge in [-0.15, -0.1) is 0 Å². The summed E-state index contributed by atoms with van der Waals surface area (Å²) in [7, 11) is 0. The van der Waals surface area contributed by atoms with Gasteiger partial charge in [0.1, 0.15) is 6.61 Å². The van der Waals surface area contributed by atoms with Crippen LogP contribution in [0.15, 0.2) is 18.2 Å². The zero-order chi connectivity index (χ0) is 15.5. The van der Waals surface area contributed by atoms with Crippen molar-refractivity contribution in [2.24, 2.45) is 0 Å². The SMILES string of the molecule is Cc1cc(C(=O)NC2(C)CCOC2C)ccc1C#CCO. The van der Waals surface area contributed by atoms with E-state index in [-0.39, 0.29) is 24.2 Å². The number of ether oxygens (including phenoxy) is 1. The zero-order valence-electron chi connectivity index (χ0n) is 12.7. The molecule has 1 amide bonds. The number of rotatable bonds is 2. The van der Waals surface area contributed by atoms with Gasteiger partial charge in [-0.25, -0.2) is 0 Å². The molecule has 4 nitrogen and oxygen atoms in total. The molecule has 112 valence electrons. The minimum atomic E-state index is -0.319. The molecule has 0 radical (unpaired) electrons. The maximum Gasteiger partial charge on any atom is 0.251 e. The van der Waals surface area contributed by atoms with Gasteiger partial charge in [0.05, 0.1) is 11.6 Å². The van der Waals surface area contributed by atoms with E-state index in [2.05, 4.69) is 17.2 Å². The van der Waals surface area contributed by atoms with Crippen LogP contribution in [0.5, 0.6) is 0 Å². The number of carbonyl (C=O) groups is 1. The Hall–Kier alpha value is -1.83. The zero-order valence-corrected chi connectivity index (χ0v) is 12.7. The van der Waals surface area contributed by atoms with E-state index < -0.39 is 0 Å². The Morgan fingerprint density at radius 2 is 2.33 bits per heavy atom. The van der Waals surface area contributed by atoms with Crippen LogP contribution in [0, 0.1) is 18.8 Å². The van der Waals surface area contributed by atoms with Crippen LogP contribution in [-0.2, 0) is 4.74 Å². The first-order valence-electron chi connectivity index (χ1n) is 7.11. The molecule has 1 aliphatic heterocycles. The van der Waals surface area contributed by atoms with E-state index in [1.54, 1.807) is 6.07 Å². The summed E-state index contributed by atoms with van der Waals surface area (Å²) in [5, 5.41) is 11.8. The Balaban J connectivity index is 2.15. The molecule has 2 rings (SSSR count). The normalized spacial score (nSPS) is 24.3. The standard InChI is InChI=1S/C17H21NO3/c1-12-11-15(7-6-14(12)5-4-9-19)16(20)18-17(3)8-10-21-13(17)2/h6-7,11,13,19H,8-10H2,1-3H3,(H,18,20). The van der Waals surface area contributed by atoms with Crippen LogP contribution >= 0.6 is 0 Å². The van der Waals surface area contributed by atoms with Crippen molar-refractivity contribution in [1.29, 1.82) is 0 Å². The Morgan fingerprint density at radius 1 is 1.57 bits per heavy atom. The first-order valence-corrected chi connectivity index (χ1v) is 7.11. The lowest BCUT2D eigenvalue weighted by Crippen LogP contribution is -2.50. The van der Waals surface area contributed by atoms with Crippen LogP contribution in [0.25, 0.3) is 0 Å². The fourth-order valence-electron chi connectivity index (χ4n) is 2.41. The molecule has 2 N–H and O–H groups in total. The Morgan fingerprint density at radius 3 is 2.90 bits per heavy atom. The fraction of sp³-hybridized carbons (Fsp3) is 0.471. The number of hydrogen-bond acceptors (Lipinski definition) is 3. The Kier molecular flexibility index (Phi) is 4.66. The van der Waals surface area contributed by atoms with Gasteiger partial charge >= 0.3 is 0 Å². The summed E-state index contributed by atoms with van der Waals surface area (Å²) in [6.07, 6.45) is 0.830. The smallest absolute Gasteiger partial charge is 0.251 e. The lowest BCUT2D eigenvalue weighted by Gasteiger charge is -2.29. The van der Waals surface area contributed by atoms with Gasteiger partial charge in [0.15, 0.2) is 0 Å². The fourth-order valence-corrected chi connectivity index (χ4v) is 2.41. The predicted molar refractivity (Wildman–Crippen MR) is 81.0 cm³/mol. The quantitative estimate of drug-likeness (QED) is 0.813. The minimum Gasteiger partial charge on any atom is -0.384 e. The molecule has 1 heterocycles. The van der Waals surface area contributed by atoms with Gasteiger partial charge in [0.25, 0.3) is 5.91 Å². The summed E-state index contributed by atoms with van der Waals surface area (Å²) in [4.78, 5) is 12.4. The maximum absolute atomic E-state index is 12.4. The number of aliphatic hydroxyl groups excluding tert-OH is 1. The Labute approximate surface area is 125 Å². The van der Waals surface area contributed by atoms with Crippen LogP contribution in [0.3, 0.4) is 0 Å². The Bertz CT molecular complexity index is 600. The van der Waals surface area contributed by atoms with Crippen molar-refractivity contribution in [3.05, 3.63) is 34.9 Å². The summed E-state index contributed by atoms with van der Waals surface area (Å²) in [6.45, 7) is 6.40. The van der Waals surface area contributed by atoms with Crippen LogP contribution in [0.2, 0.25) is 0 Å². The van der Waals surface area contributed by atoms with Crippen molar-refractivity contribution in [3.8, 4) is 11.8 Å². The number of aliphatic hydroxyl groups is 1. The van der Waals surface area contributed by atoms with Gasteiger partial charge in [0.2, 0.25) is 0 Å². The van der Waals surface area contributed by atoms with E-state index in [1.807, 2.05) is 32.9 Å². The summed E-state index contributed by atoms with van der Waals surface area (Å²) >= 11 is 0. The molecule has 1 aliphatic rings. The number of carbonyl (C=O) groups excluding carboxylic acids is 1. The lowest BCUT2D eigenvalue weighted by atomic mass is 9.94. The number of hydrogen-bond donors (Lipinski definition) is 2. The lowest BCUT2D eigenvalue weighted by molar-refractivity contribution is 0.0727. The molecular formula is C17H21NO3. The highest BCUT2D eigenvalue weighted by atomic mass is 16.5. The second-order valence-electron chi connectivity index (χ2n) is 5.62. The number of aryl methyl sites for hydroxylation is 1. The van der Waals surface area contributed by atoms with Gasteiger partial charge in [-0.1, -0.05) is 11.8 Å². The summed E-state index contributed by atoms with van der Waals surface area (Å²) in [5.41, 5.74) is 2.04. The summed E-state index contributed by atoms with van der Waals surface area (Å²) in [6, 6.07) is 5.39. The molecule has 0 aliphatic carbocycles. The van der Waals surface area contributed by atoms with Crippen LogP contribution < -0.4 is 5.32 Å². The van der Waals surface area contributed by atoms with E-state index in [9.17, 15) is 4.79 Å². The number of nitrogens with one attached hydrogen (secondary N) is 1. The molecule has 4 heteroatoms. The van der Waals surface area contributed by atoms with Gasteiger partial charge in [-0.05, 0) is 51.0 Å². The van der Waals surface area contributed by atoms with Crippen LogP contribution in [0.1, 0.15) is 41.8 Å². The highest BCUT2D eigenvalue weighted by Gasteiger charge is 2.38. The molecule has 1 saturated heterocycles. The van der Waals surface area contributed by atoms with Crippen molar-refractivity contribution in [2.45, 2.75) is 38.8 Å². The largest absolute Gasteiger partial charge is 0.384 e. The molecule has 2 atom stereocenters. The highest BCUT2D eigenvalue weighted by Crippen LogP contribution is 2.25. The number of amides is 1. The molecule has 0 aromatic heterocycles. The van der Waals surface area contributed by atoms with E-state index in [4.69, 9.17) is 9.84 Å². The average molecular weight is 287 g/mol. The van der Waals surface area contributed by atoms with Gasteiger partial charge in [-0.2, -0.15) is 0 Å². The maximum atomic E-state index is 12.4. The third kappa shape index (κ3) is 3.44. The summed E-state index contributed by atoms with van der Waals surface area (Å²) < 4.78 is 5.54. The van der Waals surface area contributed by atoms with Crippen molar-refractivity contribution >= 4 is 5.91 Å². The minimum absolute atomic E-state index is 0.0113. The molecule has 1 aromatic rings. The predicted octanol–water partition coefficient (Wildman–Crippen LogP) is 1.64. The third-order valence-corrected chi connectivity index (χ3v) is 4.08. The van der Waals surface area contributed by atoms with E-state index in [0.717, 1.165) is 17.5 Å². The summed E-state index contributed by atoms with van der Waals surface area (Å²) in [5.74, 6) is 5.38. The van der Waals surface area contributed by atoms with E-state index >= 15 is 0 Å². The highest BCUT2D eigenvalue weighted by molar-refractivity contribution is 5.95. The van der Waals surface area contributed by atoms with Crippen molar-refractivity contribution < 1.29 is 14.6 Å². The second kappa shape index (κ2) is 6.30. The molecule has 2 unspecified atom stereocenters. The average Bonchev–Trinajstić information content (AvgIpc) is 2.77. The van der Waals surface area contributed by atoms with Gasteiger partial charge in [-0.3, -0.25) is 4.79 Å². The van der Waals surface area contributed by atoms with Crippen LogP contribution in [-0.4, -0.2) is 35.9 Å². The van der Waals surface area contributed by atoms with Crippen molar-refractivity contribution in [2.75, 3.05) is 13.2 Å². The van der Waals surface area contributed by atoms with Crippen LogP contribution in [0.4, 0.5) is 0 Å².